The summed E-state index contributed by atoms with van der Waals surface area (Å²) in [4.78, 5) is 17.0. The van der Waals surface area contributed by atoms with E-state index in [9.17, 15) is 4.79 Å². The van der Waals surface area contributed by atoms with Crippen molar-refractivity contribution in [2.45, 2.75) is 19.4 Å². The Kier molecular flexibility index (Phi) is 4.18. The third-order valence-electron chi connectivity index (χ3n) is 3.93. The van der Waals surface area contributed by atoms with E-state index in [1.807, 2.05) is 31.2 Å². The highest BCUT2D eigenvalue weighted by atomic mass is 16.5. The van der Waals surface area contributed by atoms with Gasteiger partial charge in [0, 0.05) is 12.3 Å². The number of nitrogens with one attached hydrogen (secondary N) is 1. The third-order valence-corrected chi connectivity index (χ3v) is 3.93. The van der Waals surface area contributed by atoms with Crippen LogP contribution >= 0.6 is 0 Å². The molecule has 7 nitrogen and oxygen atoms in total. The van der Waals surface area contributed by atoms with Gasteiger partial charge in [-0.3, -0.25) is 5.41 Å². The molecule has 24 heavy (non-hydrogen) atoms. The average molecular weight is 325 g/mol. The van der Waals surface area contributed by atoms with E-state index in [-0.39, 0.29) is 5.84 Å². The quantitative estimate of drug-likeness (QED) is 0.798. The molecule has 1 unspecified atom stereocenters. The van der Waals surface area contributed by atoms with Crippen LogP contribution in [0, 0.1) is 5.41 Å². The summed E-state index contributed by atoms with van der Waals surface area (Å²) in [6.07, 6.45) is 2.17. The van der Waals surface area contributed by atoms with Crippen molar-refractivity contribution in [1.82, 2.24) is 4.98 Å². The smallest absolute Gasteiger partial charge is 0.324 e. The van der Waals surface area contributed by atoms with Gasteiger partial charge in [0.15, 0.2) is 0 Å². The van der Waals surface area contributed by atoms with Gasteiger partial charge in [-0.15, -0.1) is 0 Å². The highest BCUT2D eigenvalue weighted by Crippen LogP contribution is 2.32. The molecule has 0 radical (unpaired) electrons. The second-order valence-electron chi connectivity index (χ2n) is 5.53. The van der Waals surface area contributed by atoms with E-state index in [1.165, 1.54) is 0 Å². The highest BCUT2D eigenvalue weighted by molar-refractivity contribution is 6.18. The lowest BCUT2D eigenvalue weighted by atomic mass is 9.94. The van der Waals surface area contributed by atoms with Crippen molar-refractivity contribution in [3.05, 3.63) is 42.1 Å². The molecule has 1 aliphatic rings. The van der Waals surface area contributed by atoms with Gasteiger partial charge >= 0.3 is 6.03 Å². The standard InChI is InChI=1S/C17H19N5O2/c1-2-24-15-9-11(5-6-21-15)10-3-4-14-12(7-10)8-13(18)16(19)22(14)17(20)23/h3-7,9,13,19H,2,8,18H2,1H3,(H2,20,23). The predicted molar refractivity (Wildman–Crippen MR) is 92.3 cm³/mol. The second-order valence-corrected chi connectivity index (χ2v) is 5.53. The van der Waals surface area contributed by atoms with Crippen LogP contribution < -0.4 is 21.1 Å². The number of anilines is 1. The Labute approximate surface area is 139 Å². The largest absolute Gasteiger partial charge is 0.478 e. The number of rotatable bonds is 3. The highest BCUT2D eigenvalue weighted by Gasteiger charge is 2.30. The first-order valence-corrected chi connectivity index (χ1v) is 7.67. The Bertz CT molecular complexity index is 805. The summed E-state index contributed by atoms with van der Waals surface area (Å²) in [7, 11) is 0. The van der Waals surface area contributed by atoms with E-state index >= 15 is 0 Å². The Morgan fingerprint density at radius 1 is 1.38 bits per heavy atom. The van der Waals surface area contributed by atoms with Crippen LogP contribution in [0.25, 0.3) is 11.1 Å². The number of nitrogens with two attached hydrogens (primary N) is 2. The van der Waals surface area contributed by atoms with Crippen molar-refractivity contribution >= 4 is 17.6 Å². The van der Waals surface area contributed by atoms with E-state index in [0.29, 0.717) is 24.6 Å². The SMILES string of the molecule is CCOc1cc(-c2ccc3c(c2)CC(N)C(=N)N3C(N)=O)ccn1. The number of fused-ring (bicyclic) bond motifs is 1. The van der Waals surface area contributed by atoms with Crippen molar-refractivity contribution in [2.75, 3.05) is 11.5 Å². The van der Waals surface area contributed by atoms with Gasteiger partial charge in [-0.25, -0.2) is 14.7 Å². The zero-order valence-electron chi connectivity index (χ0n) is 13.3. The maximum absolute atomic E-state index is 11.7. The molecular weight excluding hydrogens is 306 g/mol. The third kappa shape index (κ3) is 2.81. The summed E-state index contributed by atoms with van der Waals surface area (Å²) in [5.41, 5.74) is 14.8. The summed E-state index contributed by atoms with van der Waals surface area (Å²) in [5.74, 6) is 0.579. The molecule has 1 aromatic carbocycles. The van der Waals surface area contributed by atoms with Crippen molar-refractivity contribution in [2.24, 2.45) is 11.5 Å². The minimum atomic E-state index is -0.702. The lowest BCUT2D eigenvalue weighted by Crippen LogP contribution is -2.52. The van der Waals surface area contributed by atoms with Gasteiger partial charge in [0.1, 0.15) is 5.84 Å². The number of hydrogen-bond acceptors (Lipinski definition) is 5. The molecule has 0 saturated heterocycles. The number of amides is 2. The number of carbonyl (C=O) groups excluding carboxylic acids is 1. The van der Waals surface area contributed by atoms with Crippen LogP contribution in [0.15, 0.2) is 36.5 Å². The van der Waals surface area contributed by atoms with Gasteiger partial charge < -0.3 is 16.2 Å². The second kappa shape index (κ2) is 6.29. The fourth-order valence-electron chi connectivity index (χ4n) is 2.83. The minimum absolute atomic E-state index is 0.0188. The molecule has 1 atom stereocenters. The van der Waals surface area contributed by atoms with Crippen LogP contribution in [0.1, 0.15) is 12.5 Å². The molecule has 124 valence electrons. The monoisotopic (exact) mass is 325 g/mol. The van der Waals surface area contributed by atoms with E-state index in [2.05, 4.69) is 4.98 Å². The summed E-state index contributed by atoms with van der Waals surface area (Å²) >= 11 is 0. The fourth-order valence-corrected chi connectivity index (χ4v) is 2.83. The fraction of sp³-hybridized carbons (Fsp3) is 0.235. The molecule has 0 fully saturated rings. The number of aromatic nitrogens is 1. The van der Waals surface area contributed by atoms with Crippen LogP contribution in [0.2, 0.25) is 0 Å². The Balaban J connectivity index is 2.03. The van der Waals surface area contributed by atoms with Gasteiger partial charge in [-0.05, 0) is 48.2 Å². The molecule has 0 spiro atoms. The number of ether oxygens (including phenoxy) is 1. The van der Waals surface area contributed by atoms with Gasteiger partial charge in [-0.2, -0.15) is 0 Å². The van der Waals surface area contributed by atoms with Crippen LogP contribution in [0.5, 0.6) is 5.88 Å². The predicted octanol–water partition coefficient (Wildman–Crippen LogP) is 1.89. The summed E-state index contributed by atoms with van der Waals surface area (Å²) in [6.45, 7) is 2.45. The van der Waals surface area contributed by atoms with Crippen LogP contribution in [-0.2, 0) is 6.42 Å². The molecule has 2 heterocycles. The molecule has 0 saturated carbocycles. The summed E-state index contributed by atoms with van der Waals surface area (Å²) in [6, 6.07) is 8.12. The first kappa shape index (κ1) is 15.9. The Hall–Kier alpha value is -2.93. The van der Waals surface area contributed by atoms with Crippen LogP contribution in [0.3, 0.4) is 0 Å². The van der Waals surface area contributed by atoms with Crippen molar-refractivity contribution in [3.8, 4) is 17.0 Å². The zero-order valence-corrected chi connectivity index (χ0v) is 13.3. The molecule has 0 aliphatic carbocycles. The summed E-state index contributed by atoms with van der Waals surface area (Å²) in [5, 5.41) is 7.98. The number of urea groups is 1. The molecule has 2 amide bonds. The number of primary amides is 1. The minimum Gasteiger partial charge on any atom is -0.478 e. The maximum atomic E-state index is 11.7. The van der Waals surface area contributed by atoms with Gasteiger partial charge in [0.05, 0.1) is 18.3 Å². The van der Waals surface area contributed by atoms with Gasteiger partial charge in [-0.1, -0.05) is 6.07 Å². The topological polar surface area (TPSA) is 118 Å². The maximum Gasteiger partial charge on any atom is 0.324 e. The molecular formula is C17H19N5O2. The molecule has 7 heteroatoms. The van der Waals surface area contributed by atoms with E-state index in [1.54, 1.807) is 12.3 Å². The van der Waals surface area contributed by atoms with Crippen LogP contribution in [0.4, 0.5) is 10.5 Å². The molecule has 3 rings (SSSR count). The molecule has 1 aromatic heterocycles. The molecule has 2 aromatic rings. The number of nitrogens with zero attached hydrogens (tertiary/aromatic N) is 2. The summed E-state index contributed by atoms with van der Waals surface area (Å²) < 4.78 is 5.43. The molecule has 1 aliphatic heterocycles. The first-order chi connectivity index (χ1) is 11.5. The van der Waals surface area contributed by atoms with Crippen molar-refractivity contribution < 1.29 is 9.53 Å². The number of carbonyl (C=O) groups is 1. The number of amidine groups is 1. The normalized spacial score (nSPS) is 16.7. The number of hydrogen-bond donors (Lipinski definition) is 3. The zero-order chi connectivity index (χ0) is 17.3. The number of pyridine rings is 1. The Morgan fingerprint density at radius 2 is 2.12 bits per heavy atom. The molecule has 5 N–H and O–H groups in total. The van der Waals surface area contributed by atoms with E-state index < -0.39 is 12.1 Å². The average Bonchev–Trinajstić information content (AvgIpc) is 2.56. The van der Waals surface area contributed by atoms with Crippen molar-refractivity contribution in [3.63, 3.8) is 0 Å². The first-order valence-electron chi connectivity index (χ1n) is 7.67. The number of benzene rings is 1. The Morgan fingerprint density at radius 3 is 2.83 bits per heavy atom. The van der Waals surface area contributed by atoms with Gasteiger partial charge in [0.25, 0.3) is 0 Å². The van der Waals surface area contributed by atoms with Crippen molar-refractivity contribution in [1.29, 1.82) is 5.41 Å². The molecule has 0 bridgehead atoms. The van der Waals surface area contributed by atoms with E-state index in [4.69, 9.17) is 21.6 Å². The lowest BCUT2D eigenvalue weighted by molar-refractivity contribution is 0.256. The van der Waals surface area contributed by atoms with Gasteiger partial charge in [0.2, 0.25) is 5.88 Å². The lowest BCUT2D eigenvalue weighted by Gasteiger charge is -2.32. The van der Waals surface area contributed by atoms with E-state index in [0.717, 1.165) is 21.6 Å². The van der Waals surface area contributed by atoms with Crippen LogP contribution in [-0.4, -0.2) is 29.5 Å².